The van der Waals surface area contributed by atoms with Crippen molar-refractivity contribution >= 4 is 35.0 Å². The van der Waals surface area contributed by atoms with Gasteiger partial charge in [-0.2, -0.15) is 4.99 Å². The van der Waals surface area contributed by atoms with Crippen molar-refractivity contribution in [3.63, 3.8) is 0 Å². The molecule has 1 amide bonds. The highest BCUT2D eigenvalue weighted by atomic mass is 35.5. The summed E-state index contributed by atoms with van der Waals surface area (Å²) in [7, 11) is 0. The lowest BCUT2D eigenvalue weighted by Gasteiger charge is -2.36. The Balaban J connectivity index is 1.67. The number of carbonyl (C=O) groups excluding carboxylic acids is 2. The summed E-state index contributed by atoms with van der Waals surface area (Å²) in [4.78, 5) is 29.9. The molecular weight excluding hydrogens is 318 g/mol. The normalized spacial score (nSPS) is 14.5. The van der Waals surface area contributed by atoms with Crippen LogP contribution in [-0.4, -0.2) is 43.1 Å². The van der Waals surface area contributed by atoms with Crippen LogP contribution in [0.3, 0.4) is 0 Å². The van der Waals surface area contributed by atoms with Gasteiger partial charge in [-0.15, -0.1) is 0 Å². The van der Waals surface area contributed by atoms with E-state index in [2.05, 4.69) is 9.89 Å². The van der Waals surface area contributed by atoms with Crippen molar-refractivity contribution in [2.24, 2.45) is 4.99 Å². The molecule has 7 heteroatoms. The van der Waals surface area contributed by atoms with Gasteiger partial charge in [0.05, 0.1) is 22.7 Å². The molecule has 2 aromatic rings. The van der Waals surface area contributed by atoms with Crippen molar-refractivity contribution in [2.45, 2.75) is 0 Å². The number of halogens is 1. The number of amides is 1. The van der Waals surface area contributed by atoms with E-state index in [4.69, 9.17) is 16.0 Å². The standard InChI is InChI=1S/C16H14ClN3O3/c17-13-10-12(18-11-21)3-4-14(13)19-5-7-20(8-6-19)16(22)15-2-1-9-23-15/h1-4,9-10H,5-8H2. The van der Waals surface area contributed by atoms with Gasteiger partial charge in [-0.1, -0.05) is 11.6 Å². The molecule has 118 valence electrons. The van der Waals surface area contributed by atoms with Gasteiger partial charge in [0.2, 0.25) is 6.08 Å². The second kappa shape index (κ2) is 6.69. The molecule has 0 bridgehead atoms. The fourth-order valence-electron chi connectivity index (χ4n) is 2.58. The average Bonchev–Trinajstić information content (AvgIpc) is 3.09. The predicted molar refractivity (Wildman–Crippen MR) is 86.1 cm³/mol. The first-order valence-electron chi connectivity index (χ1n) is 7.14. The molecule has 1 aliphatic rings. The van der Waals surface area contributed by atoms with E-state index in [1.54, 1.807) is 29.2 Å². The number of piperazine rings is 1. The smallest absolute Gasteiger partial charge is 0.289 e. The van der Waals surface area contributed by atoms with Gasteiger partial charge >= 0.3 is 0 Å². The Morgan fingerprint density at radius 1 is 1.22 bits per heavy atom. The number of furan rings is 1. The number of hydrogen-bond acceptors (Lipinski definition) is 5. The second-order valence-corrected chi connectivity index (χ2v) is 5.50. The van der Waals surface area contributed by atoms with E-state index in [1.807, 2.05) is 6.07 Å². The zero-order valence-corrected chi connectivity index (χ0v) is 13.0. The number of carbonyl (C=O) groups is 1. The number of benzene rings is 1. The van der Waals surface area contributed by atoms with Crippen LogP contribution in [-0.2, 0) is 4.79 Å². The van der Waals surface area contributed by atoms with E-state index in [9.17, 15) is 9.59 Å². The molecule has 3 rings (SSSR count). The zero-order valence-electron chi connectivity index (χ0n) is 12.2. The maximum Gasteiger partial charge on any atom is 0.289 e. The molecule has 0 radical (unpaired) electrons. The highest BCUT2D eigenvalue weighted by Crippen LogP contribution is 2.30. The van der Waals surface area contributed by atoms with Crippen molar-refractivity contribution in [1.29, 1.82) is 0 Å². The topological polar surface area (TPSA) is 66.1 Å². The van der Waals surface area contributed by atoms with E-state index in [1.165, 1.54) is 12.3 Å². The summed E-state index contributed by atoms with van der Waals surface area (Å²) in [5.74, 6) is 0.254. The first-order valence-corrected chi connectivity index (χ1v) is 7.52. The number of rotatable bonds is 3. The third-order valence-corrected chi connectivity index (χ3v) is 4.05. The fraction of sp³-hybridized carbons (Fsp3) is 0.250. The summed E-state index contributed by atoms with van der Waals surface area (Å²) in [6, 6.07) is 8.53. The Bertz CT molecular complexity index is 746. The van der Waals surface area contributed by atoms with Crippen LogP contribution in [0, 0.1) is 0 Å². The Hall–Kier alpha value is -2.56. The molecule has 1 aliphatic heterocycles. The number of nitrogens with zero attached hydrogens (tertiary/aromatic N) is 3. The summed E-state index contributed by atoms with van der Waals surface area (Å²) >= 11 is 6.25. The van der Waals surface area contributed by atoms with Crippen LogP contribution >= 0.6 is 11.6 Å². The van der Waals surface area contributed by atoms with Gasteiger partial charge in [-0.25, -0.2) is 4.79 Å². The first-order chi connectivity index (χ1) is 11.2. The minimum atomic E-state index is -0.101. The monoisotopic (exact) mass is 331 g/mol. The minimum Gasteiger partial charge on any atom is -0.459 e. The summed E-state index contributed by atoms with van der Waals surface area (Å²) in [6.07, 6.45) is 2.98. The molecule has 0 saturated carbocycles. The Morgan fingerprint density at radius 3 is 2.61 bits per heavy atom. The maximum atomic E-state index is 12.2. The van der Waals surface area contributed by atoms with Gasteiger partial charge in [0, 0.05) is 26.2 Å². The number of aliphatic imine (C=N–C) groups is 1. The highest BCUT2D eigenvalue weighted by Gasteiger charge is 2.24. The lowest BCUT2D eigenvalue weighted by atomic mass is 10.2. The van der Waals surface area contributed by atoms with E-state index in [0.29, 0.717) is 42.6 Å². The van der Waals surface area contributed by atoms with Gasteiger partial charge in [0.1, 0.15) is 0 Å². The van der Waals surface area contributed by atoms with E-state index in [0.717, 1.165) is 5.69 Å². The summed E-state index contributed by atoms with van der Waals surface area (Å²) < 4.78 is 5.15. The van der Waals surface area contributed by atoms with Gasteiger partial charge < -0.3 is 14.2 Å². The van der Waals surface area contributed by atoms with Crippen LogP contribution < -0.4 is 4.90 Å². The van der Waals surface area contributed by atoms with E-state index in [-0.39, 0.29) is 5.91 Å². The molecule has 1 aromatic carbocycles. The molecular formula is C16H14ClN3O3. The third kappa shape index (κ3) is 3.28. The largest absolute Gasteiger partial charge is 0.459 e. The van der Waals surface area contributed by atoms with Crippen LogP contribution in [0.1, 0.15) is 10.6 Å². The Kier molecular flexibility index (Phi) is 4.46. The van der Waals surface area contributed by atoms with Crippen LogP contribution in [0.15, 0.2) is 46.0 Å². The first kappa shape index (κ1) is 15.3. The number of anilines is 1. The molecule has 23 heavy (non-hydrogen) atoms. The van der Waals surface area contributed by atoms with E-state index < -0.39 is 0 Å². The predicted octanol–water partition coefficient (Wildman–Crippen LogP) is 2.86. The molecule has 1 aromatic heterocycles. The summed E-state index contributed by atoms with van der Waals surface area (Å²) in [5.41, 5.74) is 1.34. The van der Waals surface area contributed by atoms with Crippen LogP contribution in [0.2, 0.25) is 5.02 Å². The molecule has 1 fully saturated rings. The molecule has 2 heterocycles. The molecule has 0 N–H and O–H groups in total. The Labute approximate surface area is 138 Å². The quantitative estimate of drug-likeness (QED) is 0.640. The van der Waals surface area contributed by atoms with Crippen molar-refractivity contribution in [3.05, 3.63) is 47.4 Å². The summed E-state index contributed by atoms with van der Waals surface area (Å²) in [6.45, 7) is 2.51. The number of hydrogen-bond donors (Lipinski definition) is 0. The molecule has 6 nitrogen and oxygen atoms in total. The molecule has 0 unspecified atom stereocenters. The summed E-state index contributed by atoms with van der Waals surface area (Å²) in [5, 5.41) is 0.521. The van der Waals surface area contributed by atoms with Gasteiger partial charge in [-0.05, 0) is 30.3 Å². The van der Waals surface area contributed by atoms with Gasteiger partial charge in [-0.3, -0.25) is 4.79 Å². The SMILES string of the molecule is O=C=Nc1ccc(N2CCN(C(=O)c3ccco3)CC2)c(Cl)c1. The minimum absolute atomic E-state index is 0.101. The second-order valence-electron chi connectivity index (χ2n) is 5.10. The van der Waals surface area contributed by atoms with Crippen molar-refractivity contribution in [2.75, 3.05) is 31.1 Å². The zero-order chi connectivity index (χ0) is 16.2. The van der Waals surface area contributed by atoms with Crippen molar-refractivity contribution in [3.8, 4) is 0 Å². The lowest BCUT2D eigenvalue weighted by Crippen LogP contribution is -2.48. The Morgan fingerprint density at radius 2 is 2.00 bits per heavy atom. The molecule has 0 spiro atoms. The van der Waals surface area contributed by atoms with Crippen molar-refractivity contribution < 1.29 is 14.0 Å². The van der Waals surface area contributed by atoms with Crippen LogP contribution in [0.25, 0.3) is 0 Å². The third-order valence-electron chi connectivity index (χ3n) is 3.75. The number of isocyanates is 1. The van der Waals surface area contributed by atoms with Crippen LogP contribution in [0.4, 0.5) is 11.4 Å². The average molecular weight is 332 g/mol. The fourth-order valence-corrected chi connectivity index (χ4v) is 2.88. The van der Waals surface area contributed by atoms with Crippen LogP contribution in [0.5, 0.6) is 0 Å². The lowest BCUT2D eigenvalue weighted by molar-refractivity contribution is 0.0714. The van der Waals surface area contributed by atoms with Gasteiger partial charge in [0.25, 0.3) is 5.91 Å². The molecule has 0 aliphatic carbocycles. The van der Waals surface area contributed by atoms with Crippen molar-refractivity contribution in [1.82, 2.24) is 4.90 Å². The van der Waals surface area contributed by atoms with E-state index >= 15 is 0 Å². The molecule has 0 atom stereocenters. The maximum absolute atomic E-state index is 12.2. The molecule has 1 saturated heterocycles. The van der Waals surface area contributed by atoms with Gasteiger partial charge in [0.15, 0.2) is 5.76 Å². The highest BCUT2D eigenvalue weighted by molar-refractivity contribution is 6.33.